The summed E-state index contributed by atoms with van der Waals surface area (Å²) in [6.07, 6.45) is 3.87. The van der Waals surface area contributed by atoms with E-state index in [4.69, 9.17) is 10.8 Å². The number of aromatic nitrogens is 2. The summed E-state index contributed by atoms with van der Waals surface area (Å²) < 4.78 is 0. The lowest BCUT2D eigenvalue weighted by Crippen LogP contribution is -2.57. The lowest BCUT2D eigenvalue weighted by molar-refractivity contribution is -0.146. The molecule has 1 aliphatic heterocycles. The number of likely N-dealkylation sites (tertiary alicyclic amines) is 1. The number of aromatic amines is 1. The standard InChI is InChI=1S/C22H34N6O7/c1-3-12(2)18(22(34)35)27-20(32)16-5-4-8-28(16)21(33)15(6-7-17(29)30)26-19(31)14(23)9-13-10-24-11-25-13/h10-12,14-16,18H,3-9,23H2,1-2H3,(H,24,25)(H,26,31)(H,27,32)(H,29,30)(H,34,35). The molecule has 5 unspecified atom stereocenters. The minimum atomic E-state index is -1.20. The molecule has 0 spiro atoms. The molecular weight excluding hydrogens is 460 g/mol. The molecular formula is C22H34N6O7. The van der Waals surface area contributed by atoms with Crippen molar-refractivity contribution in [3.05, 3.63) is 18.2 Å². The molecule has 7 N–H and O–H groups in total. The van der Waals surface area contributed by atoms with Gasteiger partial charge in [0.05, 0.1) is 12.4 Å². The lowest BCUT2D eigenvalue weighted by Gasteiger charge is -2.30. The van der Waals surface area contributed by atoms with Gasteiger partial charge >= 0.3 is 11.9 Å². The Morgan fingerprint density at radius 2 is 1.97 bits per heavy atom. The third-order valence-corrected chi connectivity index (χ3v) is 6.21. The zero-order valence-corrected chi connectivity index (χ0v) is 19.9. The van der Waals surface area contributed by atoms with Crippen LogP contribution in [0.15, 0.2) is 12.5 Å². The number of carbonyl (C=O) groups excluding carboxylic acids is 3. The Morgan fingerprint density at radius 3 is 2.54 bits per heavy atom. The number of carboxylic acids is 2. The van der Waals surface area contributed by atoms with Crippen LogP contribution in [0.1, 0.15) is 51.6 Å². The Bertz CT molecular complexity index is 906. The van der Waals surface area contributed by atoms with Crippen molar-refractivity contribution in [2.24, 2.45) is 11.7 Å². The summed E-state index contributed by atoms with van der Waals surface area (Å²) in [5.74, 6) is -4.48. The number of amides is 3. The highest BCUT2D eigenvalue weighted by Crippen LogP contribution is 2.21. The van der Waals surface area contributed by atoms with Gasteiger partial charge in [-0.3, -0.25) is 19.2 Å². The van der Waals surface area contributed by atoms with Crippen molar-refractivity contribution in [1.82, 2.24) is 25.5 Å². The number of nitrogens with two attached hydrogens (primary N) is 1. The van der Waals surface area contributed by atoms with Crippen LogP contribution in [0.4, 0.5) is 0 Å². The molecule has 0 radical (unpaired) electrons. The van der Waals surface area contributed by atoms with Crippen LogP contribution in [0.25, 0.3) is 0 Å². The zero-order valence-electron chi connectivity index (χ0n) is 19.9. The van der Waals surface area contributed by atoms with Crippen molar-refractivity contribution in [3.63, 3.8) is 0 Å². The normalized spacial score (nSPS) is 18.8. The monoisotopic (exact) mass is 494 g/mol. The highest BCUT2D eigenvalue weighted by molar-refractivity contribution is 5.94. The average Bonchev–Trinajstić information content (AvgIpc) is 3.50. The van der Waals surface area contributed by atoms with E-state index in [0.717, 1.165) is 0 Å². The van der Waals surface area contributed by atoms with E-state index in [0.29, 0.717) is 25.0 Å². The maximum absolute atomic E-state index is 13.3. The molecule has 35 heavy (non-hydrogen) atoms. The highest BCUT2D eigenvalue weighted by atomic mass is 16.4. The quantitative estimate of drug-likeness (QED) is 0.203. The molecule has 194 valence electrons. The summed E-state index contributed by atoms with van der Waals surface area (Å²) in [6, 6.07) is -4.24. The van der Waals surface area contributed by atoms with Crippen molar-refractivity contribution >= 4 is 29.7 Å². The molecule has 3 amide bonds. The van der Waals surface area contributed by atoms with Gasteiger partial charge in [0.1, 0.15) is 18.1 Å². The Morgan fingerprint density at radius 1 is 1.26 bits per heavy atom. The van der Waals surface area contributed by atoms with Gasteiger partial charge in [-0.25, -0.2) is 9.78 Å². The van der Waals surface area contributed by atoms with Crippen LogP contribution in [0.2, 0.25) is 0 Å². The molecule has 1 aromatic rings. The molecule has 1 aliphatic rings. The summed E-state index contributed by atoms with van der Waals surface area (Å²) in [5.41, 5.74) is 6.56. The van der Waals surface area contributed by atoms with Crippen LogP contribution in [0.3, 0.4) is 0 Å². The summed E-state index contributed by atoms with van der Waals surface area (Å²) >= 11 is 0. The maximum Gasteiger partial charge on any atom is 0.326 e. The van der Waals surface area contributed by atoms with Gasteiger partial charge in [0.25, 0.3) is 0 Å². The molecule has 5 atom stereocenters. The van der Waals surface area contributed by atoms with Gasteiger partial charge in [0.2, 0.25) is 17.7 Å². The molecule has 2 heterocycles. The first-order chi connectivity index (χ1) is 16.5. The Balaban J connectivity index is 2.13. The predicted molar refractivity (Wildman–Crippen MR) is 123 cm³/mol. The van der Waals surface area contributed by atoms with Crippen LogP contribution in [-0.4, -0.2) is 85.5 Å². The van der Waals surface area contributed by atoms with E-state index < -0.39 is 53.8 Å². The van der Waals surface area contributed by atoms with E-state index in [2.05, 4.69) is 20.6 Å². The average molecular weight is 495 g/mol. The van der Waals surface area contributed by atoms with E-state index in [1.165, 1.54) is 17.4 Å². The molecule has 2 rings (SSSR count). The van der Waals surface area contributed by atoms with Crippen molar-refractivity contribution in [2.45, 2.75) is 76.5 Å². The fourth-order valence-corrected chi connectivity index (χ4v) is 3.97. The molecule has 13 heteroatoms. The number of nitrogens with zero attached hydrogens (tertiary/aromatic N) is 2. The van der Waals surface area contributed by atoms with Crippen molar-refractivity contribution < 1.29 is 34.2 Å². The smallest absolute Gasteiger partial charge is 0.326 e. The van der Waals surface area contributed by atoms with Crippen molar-refractivity contribution in [2.75, 3.05) is 6.54 Å². The number of imidazole rings is 1. The van der Waals surface area contributed by atoms with Crippen LogP contribution in [0, 0.1) is 5.92 Å². The van der Waals surface area contributed by atoms with Gasteiger partial charge in [0, 0.05) is 31.3 Å². The summed E-state index contributed by atoms with van der Waals surface area (Å²) in [6.45, 7) is 3.74. The number of hydrogen-bond acceptors (Lipinski definition) is 7. The molecule has 13 nitrogen and oxygen atoms in total. The summed E-state index contributed by atoms with van der Waals surface area (Å²) in [4.78, 5) is 69.6. The molecule has 0 aliphatic carbocycles. The second-order valence-electron chi connectivity index (χ2n) is 8.78. The Kier molecular flexibility index (Phi) is 10.2. The first-order valence-corrected chi connectivity index (χ1v) is 11.6. The van der Waals surface area contributed by atoms with Crippen LogP contribution in [0.5, 0.6) is 0 Å². The largest absolute Gasteiger partial charge is 0.481 e. The van der Waals surface area contributed by atoms with Gasteiger partial charge in [-0.05, 0) is 25.2 Å². The fraction of sp³-hybridized carbons (Fsp3) is 0.636. The summed E-state index contributed by atoms with van der Waals surface area (Å²) in [7, 11) is 0. The fourth-order valence-electron chi connectivity index (χ4n) is 3.97. The van der Waals surface area contributed by atoms with Crippen molar-refractivity contribution in [3.8, 4) is 0 Å². The SMILES string of the molecule is CCC(C)C(NC(=O)C1CCCN1C(=O)C(CCC(=O)O)NC(=O)C(N)Cc1cnc[nH]1)C(=O)O. The number of H-pyrrole nitrogens is 1. The first kappa shape index (κ1) is 27.8. The van der Waals surface area contributed by atoms with Gasteiger partial charge in [-0.2, -0.15) is 0 Å². The van der Waals surface area contributed by atoms with Crippen molar-refractivity contribution in [1.29, 1.82) is 0 Å². The third kappa shape index (κ3) is 7.77. The Labute approximate surface area is 202 Å². The van der Waals surface area contributed by atoms with Gasteiger partial charge in [0.15, 0.2) is 0 Å². The van der Waals surface area contributed by atoms with Gasteiger partial charge in [-0.15, -0.1) is 0 Å². The van der Waals surface area contributed by atoms with Crippen LogP contribution >= 0.6 is 0 Å². The topological polar surface area (TPSA) is 208 Å². The molecule has 1 saturated heterocycles. The highest BCUT2D eigenvalue weighted by Gasteiger charge is 2.39. The van der Waals surface area contributed by atoms with Crippen LogP contribution < -0.4 is 16.4 Å². The number of aliphatic carboxylic acids is 2. The maximum atomic E-state index is 13.3. The molecule has 1 aromatic heterocycles. The minimum absolute atomic E-state index is 0.132. The predicted octanol–water partition coefficient (Wildman–Crippen LogP) is -0.764. The van der Waals surface area contributed by atoms with E-state index in [1.54, 1.807) is 6.92 Å². The van der Waals surface area contributed by atoms with E-state index in [1.807, 2.05) is 6.92 Å². The second kappa shape index (κ2) is 12.8. The molecule has 1 fully saturated rings. The minimum Gasteiger partial charge on any atom is -0.481 e. The third-order valence-electron chi connectivity index (χ3n) is 6.21. The number of carbonyl (C=O) groups is 5. The van der Waals surface area contributed by atoms with E-state index in [9.17, 15) is 29.1 Å². The number of nitrogens with one attached hydrogen (secondary N) is 3. The van der Waals surface area contributed by atoms with E-state index in [-0.39, 0.29) is 31.7 Å². The Hall–Kier alpha value is -3.48. The van der Waals surface area contributed by atoms with Gasteiger partial charge in [-0.1, -0.05) is 20.3 Å². The molecule has 0 aromatic carbocycles. The number of hydrogen-bond donors (Lipinski definition) is 6. The molecule has 0 saturated carbocycles. The van der Waals surface area contributed by atoms with E-state index >= 15 is 0 Å². The van der Waals surface area contributed by atoms with Gasteiger partial charge < -0.3 is 36.5 Å². The number of rotatable bonds is 13. The lowest BCUT2D eigenvalue weighted by atomic mass is 9.98. The zero-order chi connectivity index (χ0) is 26.1. The second-order valence-corrected chi connectivity index (χ2v) is 8.78. The van der Waals surface area contributed by atoms with Crippen LogP contribution in [-0.2, 0) is 30.4 Å². The molecule has 0 bridgehead atoms. The summed E-state index contributed by atoms with van der Waals surface area (Å²) in [5, 5.41) is 23.6. The first-order valence-electron chi connectivity index (χ1n) is 11.6. The number of carboxylic acid groups (broad SMARTS) is 2.